The smallest absolute Gasteiger partial charge is 0.724 e. The van der Waals surface area contributed by atoms with Gasteiger partial charge in [-0.3, -0.25) is 4.79 Å². The Balaban J connectivity index is 0.00000225. The molecular weight excluding hydrogens is 405 g/mol. The Kier molecular flexibility index (Phi) is 6.14. The molecule has 1 atom stereocenters. The van der Waals surface area contributed by atoms with E-state index in [4.69, 9.17) is 4.74 Å². The van der Waals surface area contributed by atoms with E-state index in [9.17, 15) is 22.6 Å². The first-order chi connectivity index (χ1) is 12.8. The van der Waals surface area contributed by atoms with E-state index in [1.54, 1.807) is 23.2 Å². The minimum absolute atomic E-state index is 0. The van der Waals surface area contributed by atoms with E-state index in [-0.39, 0.29) is 54.2 Å². The van der Waals surface area contributed by atoms with Crippen molar-refractivity contribution in [2.75, 3.05) is 39.4 Å². The van der Waals surface area contributed by atoms with Crippen LogP contribution in [-0.2, 0) is 19.4 Å². The van der Waals surface area contributed by atoms with Gasteiger partial charge in [0.15, 0.2) is 5.69 Å². The van der Waals surface area contributed by atoms with Crippen LogP contribution >= 0.6 is 0 Å². The molecule has 0 radical (unpaired) electrons. The third-order valence-corrected chi connectivity index (χ3v) is 4.82. The van der Waals surface area contributed by atoms with Crippen molar-refractivity contribution in [2.24, 2.45) is 0 Å². The van der Waals surface area contributed by atoms with E-state index in [0.717, 1.165) is 0 Å². The van der Waals surface area contributed by atoms with Gasteiger partial charge in [-0.1, -0.05) is 0 Å². The number of aromatic nitrogens is 2. The van der Waals surface area contributed by atoms with Crippen molar-refractivity contribution < 1.29 is 61.1 Å². The number of urea groups is 1. The number of fused-ring (bicyclic) bond motifs is 2. The quantitative estimate of drug-likeness (QED) is 0.271. The summed E-state index contributed by atoms with van der Waals surface area (Å²) in [5.41, 5.74) is 0.822. The summed E-state index contributed by atoms with van der Waals surface area (Å²) in [4.78, 5) is 27.6. The van der Waals surface area contributed by atoms with Gasteiger partial charge in [0.1, 0.15) is 6.04 Å². The van der Waals surface area contributed by atoms with Crippen LogP contribution < -0.4 is 29.6 Å². The normalized spacial score (nSPS) is 22.2. The summed E-state index contributed by atoms with van der Waals surface area (Å²) in [6.07, 6.45) is 3.17. The van der Waals surface area contributed by atoms with Crippen LogP contribution in [0.15, 0.2) is 18.3 Å². The molecule has 2 bridgehead atoms. The molecule has 0 spiro atoms. The molecule has 1 aromatic rings. The fourth-order valence-corrected chi connectivity index (χ4v) is 3.61. The molecule has 3 aliphatic heterocycles. The standard InChI is InChI=1S/C14H17N5O7S.Na/c20-13(16-3-5-25-6-4-16)12-1-2-18(15-12)10-7-11-9-17(8-10)14(21)19(11)26-27(22,23)24;/h1-2,7,11H,3-6,8-9H2,(H,22,23,24);/q;+1/p-1. The monoisotopic (exact) mass is 421 g/mol. The number of nitrogens with zero attached hydrogens (tertiary/aromatic N) is 5. The van der Waals surface area contributed by atoms with Crippen molar-refractivity contribution >= 4 is 28.0 Å². The Bertz CT molecular complexity index is 911. The van der Waals surface area contributed by atoms with E-state index in [0.29, 0.717) is 37.1 Å². The Morgan fingerprint density at radius 2 is 2.04 bits per heavy atom. The molecule has 4 heterocycles. The number of carbonyl (C=O) groups is 2. The van der Waals surface area contributed by atoms with Gasteiger partial charge in [0, 0.05) is 25.8 Å². The van der Waals surface area contributed by atoms with Gasteiger partial charge in [0.05, 0.1) is 25.5 Å². The van der Waals surface area contributed by atoms with Gasteiger partial charge < -0.3 is 19.1 Å². The maximum atomic E-state index is 12.5. The molecule has 0 saturated carbocycles. The molecule has 0 aliphatic carbocycles. The van der Waals surface area contributed by atoms with Crippen LogP contribution in [0, 0.1) is 0 Å². The van der Waals surface area contributed by atoms with Crippen molar-refractivity contribution in [3.05, 3.63) is 24.0 Å². The average molecular weight is 421 g/mol. The topological polar surface area (TPSA) is 137 Å². The number of amides is 3. The third-order valence-electron chi connectivity index (χ3n) is 4.48. The van der Waals surface area contributed by atoms with Gasteiger partial charge in [-0.15, -0.1) is 0 Å². The Labute approximate surface area is 182 Å². The summed E-state index contributed by atoms with van der Waals surface area (Å²) in [5.74, 6) is -0.213. The maximum Gasteiger partial charge on any atom is 1.00 e. The molecule has 28 heavy (non-hydrogen) atoms. The maximum absolute atomic E-state index is 12.5. The van der Waals surface area contributed by atoms with Crippen LogP contribution in [0.3, 0.4) is 0 Å². The molecule has 146 valence electrons. The number of rotatable bonds is 4. The SMILES string of the molecule is O=C(c1ccn(C2=CC3CN(C2)C(=O)N3OS(=O)(=O)[O-])n1)N1CCOCC1.[Na+]. The zero-order valence-electron chi connectivity index (χ0n) is 15.1. The van der Waals surface area contributed by atoms with Gasteiger partial charge in [-0.05, 0) is 12.1 Å². The second-order valence-corrected chi connectivity index (χ2v) is 7.21. The molecule has 0 aromatic carbocycles. The molecule has 14 heteroatoms. The molecule has 2 fully saturated rings. The van der Waals surface area contributed by atoms with E-state index in [1.807, 2.05) is 0 Å². The van der Waals surface area contributed by atoms with Crippen molar-refractivity contribution in [1.29, 1.82) is 0 Å². The van der Waals surface area contributed by atoms with Crippen LogP contribution in [0.5, 0.6) is 0 Å². The number of ether oxygens (including phenoxy) is 1. The van der Waals surface area contributed by atoms with E-state index in [2.05, 4.69) is 9.38 Å². The van der Waals surface area contributed by atoms with Crippen LogP contribution in [0.4, 0.5) is 4.79 Å². The number of carbonyl (C=O) groups excluding carboxylic acids is 2. The van der Waals surface area contributed by atoms with E-state index >= 15 is 0 Å². The summed E-state index contributed by atoms with van der Waals surface area (Å²) in [6, 6.07) is 0.109. The van der Waals surface area contributed by atoms with Crippen LogP contribution in [0.25, 0.3) is 5.70 Å². The molecule has 3 aliphatic rings. The van der Waals surface area contributed by atoms with Crippen LogP contribution in [0.1, 0.15) is 10.5 Å². The summed E-state index contributed by atoms with van der Waals surface area (Å²) in [5, 5.41) is 4.81. The van der Waals surface area contributed by atoms with Crippen LogP contribution in [-0.4, -0.2) is 95.0 Å². The Morgan fingerprint density at radius 1 is 1.32 bits per heavy atom. The number of hydrogen-bond acceptors (Lipinski definition) is 8. The second kappa shape index (κ2) is 8.10. The Hall–Kier alpha value is -1.48. The van der Waals surface area contributed by atoms with Crippen molar-refractivity contribution in [3.8, 4) is 0 Å². The molecule has 2 saturated heterocycles. The molecular formula is C14H16N5NaO7S. The predicted molar refractivity (Wildman–Crippen MR) is 86.6 cm³/mol. The van der Waals surface area contributed by atoms with Crippen LogP contribution in [0.2, 0.25) is 0 Å². The molecule has 3 amide bonds. The zero-order chi connectivity index (χ0) is 19.2. The van der Waals surface area contributed by atoms with Crippen molar-refractivity contribution in [1.82, 2.24) is 24.6 Å². The summed E-state index contributed by atoms with van der Waals surface area (Å²) >= 11 is 0. The second-order valence-electron chi connectivity index (χ2n) is 6.25. The summed E-state index contributed by atoms with van der Waals surface area (Å²) in [7, 11) is -5.06. The van der Waals surface area contributed by atoms with Gasteiger partial charge >= 0.3 is 35.6 Å². The molecule has 1 aromatic heterocycles. The first-order valence-corrected chi connectivity index (χ1v) is 9.52. The molecule has 1 unspecified atom stereocenters. The average Bonchev–Trinajstić information content (AvgIpc) is 3.21. The van der Waals surface area contributed by atoms with Crippen molar-refractivity contribution in [2.45, 2.75) is 6.04 Å². The summed E-state index contributed by atoms with van der Waals surface area (Å²) in [6.45, 7) is 2.28. The minimum atomic E-state index is -5.06. The fraction of sp³-hybridized carbons (Fsp3) is 0.500. The molecule has 4 rings (SSSR count). The zero-order valence-corrected chi connectivity index (χ0v) is 17.9. The van der Waals surface area contributed by atoms with E-state index < -0.39 is 22.5 Å². The van der Waals surface area contributed by atoms with Gasteiger partial charge in [-0.25, -0.2) is 17.9 Å². The predicted octanol–water partition coefficient (Wildman–Crippen LogP) is -4.29. The van der Waals surface area contributed by atoms with Crippen molar-refractivity contribution in [3.63, 3.8) is 0 Å². The molecule has 12 nitrogen and oxygen atoms in total. The third kappa shape index (κ3) is 4.25. The first kappa shape index (κ1) is 21.2. The largest absolute Gasteiger partial charge is 1.00 e. The molecule has 0 N–H and O–H groups in total. The van der Waals surface area contributed by atoms with Gasteiger partial charge in [0.25, 0.3) is 5.91 Å². The van der Waals surface area contributed by atoms with Gasteiger partial charge in [0.2, 0.25) is 10.4 Å². The van der Waals surface area contributed by atoms with Gasteiger partial charge in [-0.2, -0.15) is 14.4 Å². The number of hydroxylamine groups is 2. The first-order valence-electron chi connectivity index (χ1n) is 8.19. The van der Waals surface area contributed by atoms with E-state index in [1.165, 1.54) is 9.58 Å². The summed E-state index contributed by atoms with van der Waals surface area (Å²) < 4.78 is 43.4. The number of hydrogen-bond donors (Lipinski definition) is 0. The minimum Gasteiger partial charge on any atom is -0.724 e. The number of morpholine rings is 1. The fourth-order valence-electron chi connectivity index (χ4n) is 3.24. The Morgan fingerprint density at radius 3 is 2.71 bits per heavy atom.